The molecular formula is C20H20ClN5O3. The summed E-state index contributed by atoms with van der Waals surface area (Å²) >= 11 is 6.36. The summed E-state index contributed by atoms with van der Waals surface area (Å²) in [5.74, 6) is 0.721. The molecule has 29 heavy (non-hydrogen) atoms. The normalized spacial score (nSPS) is 14.6. The summed E-state index contributed by atoms with van der Waals surface area (Å²) in [4.78, 5) is 34.9. The van der Waals surface area contributed by atoms with Crippen LogP contribution in [-0.2, 0) is 0 Å². The van der Waals surface area contributed by atoms with Crippen molar-refractivity contribution in [2.24, 2.45) is 11.7 Å². The highest BCUT2D eigenvalue weighted by Gasteiger charge is 2.22. The van der Waals surface area contributed by atoms with E-state index < -0.39 is 11.9 Å². The first-order chi connectivity index (χ1) is 13.9. The van der Waals surface area contributed by atoms with Gasteiger partial charge in [0, 0.05) is 23.2 Å². The van der Waals surface area contributed by atoms with Crippen molar-refractivity contribution in [3.8, 4) is 5.75 Å². The van der Waals surface area contributed by atoms with Crippen molar-refractivity contribution in [1.29, 1.82) is 0 Å². The minimum Gasteiger partial charge on any atom is -0.492 e. The average Bonchev–Trinajstić information content (AvgIpc) is 3.51. The van der Waals surface area contributed by atoms with Gasteiger partial charge >= 0.3 is 0 Å². The number of hydrogen-bond donors (Lipinski definition) is 3. The van der Waals surface area contributed by atoms with Crippen molar-refractivity contribution < 1.29 is 9.53 Å². The lowest BCUT2D eigenvalue weighted by Gasteiger charge is -2.15. The number of hydrogen-bond acceptors (Lipinski definition) is 6. The molecule has 9 heteroatoms. The van der Waals surface area contributed by atoms with Crippen molar-refractivity contribution in [3.63, 3.8) is 0 Å². The van der Waals surface area contributed by atoms with E-state index in [1.54, 1.807) is 25.1 Å². The molecule has 0 saturated heterocycles. The van der Waals surface area contributed by atoms with Crippen molar-refractivity contribution in [3.05, 3.63) is 57.1 Å². The van der Waals surface area contributed by atoms with E-state index in [4.69, 9.17) is 22.1 Å². The first-order valence-corrected chi connectivity index (χ1v) is 9.67. The van der Waals surface area contributed by atoms with Crippen LogP contribution in [0.25, 0.3) is 10.9 Å². The second kappa shape index (κ2) is 7.71. The van der Waals surface area contributed by atoms with E-state index >= 15 is 0 Å². The zero-order chi connectivity index (χ0) is 20.5. The first kappa shape index (κ1) is 19.2. The number of aromatic amines is 1. The largest absolute Gasteiger partial charge is 0.492 e. The summed E-state index contributed by atoms with van der Waals surface area (Å²) in [6.45, 7) is 2.43. The van der Waals surface area contributed by atoms with Crippen molar-refractivity contribution >= 4 is 34.4 Å². The van der Waals surface area contributed by atoms with Crippen LogP contribution < -0.4 is 21.3 Å². The van der Waals surface area contributed by atoms with Crippen LogP contribution in [0.5, 0.6) is 5.75 Å². The Labute approximate surface area is 171 Å². The van der Waals surface area contributed by atoms with Gasteiger partial charge < -0.3 is 20.8 Å². The molecule has 0 radical (unpaired) electrons. The number of benzene rings is 1. The molecule has 1 atom stereocenters. The lowest BCUT2D eigenvalue weighted by molar-refractivity contribution is 0.0995. The standard InChI is InChI=1S/C20H20ClN5O3/c1-10(24-20-23-5-4-15(26-20)18(22)27)13-6-12-7-14(21)17(29-9-11-2-3-11)8-16(12)25-19(13)28/h4-8,10-11H,2-3,9H2,1H3,(H2,22,27)(H,25,28)(H,23,24,26)/t10-/m0/s1. The summed E-state index contributed by atoms with van der Waals surface area (Å²) in [6.07, 6.45) is 3.79. The molecule has 1 amide bonds. The predicted molar refractivity (Wildman–Crippen MR) is 110 cm³/mol. The molecule has 8 nitrogen and oxygen atoms in total. The molecular weight excluding hydrogens is 394 g/mol. The third-order valence-corrected chi connectivity index (χ3v) is 5.11. The summed E-state index contributed by atoms with van der Waals surface area (Å²) < 4.78 is 5.78. The molecule has 2 heterocycles. The molecule has 0 spiro atoms. The molecule has 1 saturated carbocycles. The number of rotatable bonds is 7. The second-order valence-corrected chi connectivity index (χ2v) is 7.58. The van der Waals surface area contributed by atoms with E-state index in [-0.39, 0.29) is 17.2 Å². The van der Waals surface area contributed by atoms with E-state index in [1.807, 2.05) is 0 Å². The summed E-state index contributed by atoms with van der Waals surface area (Å²) in [6, 6.07) is 6.29. The average molecular weight is 414 g/mol. The molecule has 1 aliphatic rings. The number of nitrogens with one attached hydrogen (secondary N) is 2. The van der Waals surface area contributed by atoms with Gasteiger partial charge in [-0.15, -0.1) is 0 Å². The number of carbonyl (C=O) groups is 1. The van der Waals surface area contributed by atoms with Gasteiger partial charge in [-0.3, -0.25) is 9.59 Å². The van der Waals surface area contributed by atoms with Crippen LogP contribution >= 0.6 is 11.6 Å². The monoisotopic (exact) mass is 413 g/mol. The molecule has 4 rings (SSSR count). The van der Waals surface area contributed by atoms with Crippen LogP contribution in [0, 0.1) is 5.92 Å². The number of amides is 1. The summed E-state index contributed by atoms with van der Waals surface area (Å²) in [5, 5.41) is 4.29. The Kier molecular flexibility index (Phi) is 5.10. The molecule has 2 aromatic heterocycles. The number of nitrogens with zero attached hydrogens (tertiary/aromatic N) is 2. The van der Waals surface area contributed by atoms with Gasteiger partial charge in [0.05, 0.1) is 23.2 Å². The molecule has 0 unspecified atom stereocenters. The van der Waals surface area contributed by atoms with Gasteiger partial charge in [0.15, 0.2) is 0 Å². The zero-order valence-electron chi connectivity index (χ0n) is 15.7. The minimum atomic E-state index is -0.652. The fraction of sp³-hybridized carbons (Fsp3) is 0.300. The van der Waals surface area contributed by atoms with Crippen LogP contribution in [-0.4, -0.2) is 27.5 Å². The van der Waals surface area contributed by atoms with Gasteiger partial charge in [-0.05, 0) is 43.9 Å². The number of aromatic nitrogens is 3. The Bertz CT molecular complexity index is 1140. The first-order valence-electron chi connectivity index (χ1n) is 9.29. The maximum Gasteiger partial charge on any atom is 0.267 e. The fourth-order valence-corrected chi connectivity index (χ4v) is 3.21. The molecule has 1 aromatic carbocycles. The third-order valence-electron chi connectivity index (χ3n) is 4.82. The number of anilines is 1. The van der Waals surface area contributed by atoms with Gasteiger partial charge in [-0.1, -0.05) is 11.6 Å². The Morgan fingerprint density at radius 1 is 1.41 bits per heavy atom. The lowest BCUT2D eigenvalue weighted by atomic mass is 10.1. The Balaban J connectivity index is 1.60. The van der Waals surface area contributed by atoms with E-state index in [9.17, 15) is 9.59 Å². The Hall–Kier alpha value is -3.13. The van der Waals surface area contributed by atoms with Crippen molar-refractivity contribution in [2.75, 3.05) is 11.9 Å². The molecule has 0 bridgehead atoms. The lowest BCUT2D eigenvalue weighted by Crippen LogP contribution is -2.21. The fourth-order valence-electron chi connectivity index (χ4n) is 2.99. The van der Waals surface area contributed by atoms with Crippen LogP contribution in [0.1, 0.15) is 41.9 Å². The number of H-pyrrole nitrogens is 1. The van der Waals surface area contributed by atoms with Crippen molar-refractivity contribution in [1.82, 2.24) is 15.0 Å². The number of ether oxygens (including phenoxy) is 1. The SMILES string of the molecule is C[C@H](Nc1nccc(C(N)=O)n1)c1cc2cc(Cl)c(OCC3CC3)cc2[nH]c1=O. The van der Waals surface area contributed by atoms with Crippen LogP contribution in [0.2, 0.25) is 5.02 Å². The molecule has 150 valence electrons. The highest BCUT2D eigenvalue weighted by Crippen LogP contribution is 2.33. The van der Waals surface area contributed by atoms with Gasteiger partial charge in [-0.25, -0.2) is 9.97 Å². The van der Waals surface area contributed by atoms with Crippen LogP contribution in [0.4, 0.5) is 5.95 Å². The number of halogens is 1. The topological polar surface area (TPSA) is 123 Å². The van der Waals surface area contributed by atoms with E-state index in [2.05, 4.69) is 20.3 Å². The third kappa shape index (κ3) is 4.32. The molecule has 0 aliphatic heterocycles. The number of fused-ring (bicyclic) bond motifs is 1. The van der Waals surface area contributed by atoms with Crippen LogP contribution in [0.3, 0.4) is 0 Å². The van der Waals surface area contributed by atoms with Gasteiger partial charge in [0.1, 0.15) is 11.4 Å². The van der Waals surface area contributed by atoms with E-state index in [0.29, 0.717) is 34.4 Å². The van der Waals surface area contributed by atoms with Gasteiger partial charge in [0.2, 0.25) is 5.95 Å². The van der Waals surface area contributed by atoms with Crippen molar-refractivity contribution in [2.45, 2.75) is 25.8 Å². The Morgan fingerprint density at radius 3 is 2.93 bits per heavy atom. The number of nitrogens with two attached hydrogens (primary N) is 1. The zero-order valence-corrected chi connectivity index (χ0v) is 16.5. The predicted octanol–water partition coefficient (Wildman–Crippen LogP) is 3.03. The number of primary amides is 1. The molecule has 4 N–H and O–H groups in total. The summed E-state index contributed by atoms with van der Waals surface area (Å²) in [5.41, 5.74) is 6.21. The second-order valence-electron chi connectivity index (χ2n) is 7.17. The number of carbonyl (C=O) groups excluding carboxylic acids is 1. The quantitative estimate of drug-likeness (QED) is 0.547. The smallest absolute Gasteiger partial charge is 0.267 e. The molecule has 1 aliphatic carbocycles. The Morgan fingerprint density at radius 2 is 2.21 bits per heavy atom. The molecule has 1 fully saturated rings. The maximum absolute atomic E-state index is 12.6. The van der Waals surface area contributed by atoms with E-state index in [1.165, 1.54) is 25.1 Å². The van der Waals surface area contributed by atoms with Gasteiger partial charge in [0.25, 0.3) is 11.5 Å². The maximum atomic E-state index is 12.6. The van der Waals surface area contributed by atoms with E-state index in [0.717, 1.165) is 5.39 Å². The molecule has 3 aromatic rings. The minimum absolute atomic E-state index is 0.0904. The van der Waals surface area contributed by atoms with Crippen LogP contribution in [0.15, 0.2) is 35.3 Å². The number of pyridine rings is 1. The highest BCUT2D eigenvalue weighted by molar-refractivity contribution is 6.32. The summed E-state index contributed by atoms with van der Waals surface area (Å²) in [7, 11) is 0. The van der Waals surface area contributed by atoms with Gasteiger partial charge in [-0.2, -0.15) is 0 Å². The highest BCUT2D eigenvalue weighted by atomic mass is 35.5.